The smallest absolute Gasteiger partial charge is 0.306 e. The van der Waals surface area contributed by atoms with E-state index in [4.69, 9.17) is 0 Å². The third-order valence-corrected chi connectivity index (χ3v) is 3.11. The van der Waals surface area contributed by atoms with Gasteiger partial charge in [-0.1, -0.05) is 18.2 Å². The van der Waals surface area contributed by atoms with Crippen LogP contribution in [-0.2, 0) is 19.1 Å². The van der Waals surface area contributed by atoms with Gasteiger partial charge >= 0.3 is 5.97 Å². The summed E-state index contributed by atoms with van der Waals surface area (Å²) in [7, 11) is 1.31. The molecule has 106 valence electrons. The normalized spacial score (nSPS) is 18.4. The van der Waals surface area contributed by atoms with Gasteiger partial charge in [0.1, 0.15) is 0 Å². The third kappa shape index (κ3) is 3.03. The van der Waals surface area contributed by atoms with Crippen LogP contribution in [0.1, 0.15) is 12.8 Å². The van der Waals surface area contributed by atoms with Gasteiger partial charge in [0.15, 0.2) is 0 Å². The summed E-state index contributed by atoms with van der Waals surface area (Å²) in [5, 5.41) is 2.91. The van der Waals surface area contributed by atoms with Crippen molar-refractivity contribution in [2.45, 2.75) is 18.9 Å². The number of nitrogens with zero attached hydrogens (tertiary/aromatic N) is 1. The van der Waals surface area contributed by atoms with Crippen LogP contribution in [0.15, 0.2) is 30.3 Å². The second-order valence-corrected chi connectivity index (χ2v) is 4.44. The van der Waals surface area contributed by atoms with Crippen molar-refractivity contribution in [3.05, 3.63) is 30.3 Å². The number of anilines is 1. The lowest BCUT2D eigenvalue weighted by molar-refractivity contribution is -0.140. The fourth-order valence-corrected chi connectivity index (χ4v) is 2.09. The number of nitrogens with one attached hydrogen (secondary N) is 1. The SMILES string of the molecule is COC(=O)CCNC1CC(=O)N(c2ccccc2)C1=O. The monoisotopic (exact) mass is 276 g/mol. The summed E-state index contributed by atoms with van der Waals surface area (Å²) in [5.41, 5.74) is 0.569. The van der Waals surface area contributed by atoms with Crippen LogP contribution in [0, 0.1) is 0 Å². The maximum atomic E-state index is 12.2. The van der Waals surface area contributed by atoms with Gasteiger partial charge in [0.25, 0.3) is 5.91 Å². The molecule has 6 heteroatoms. The standard InChI is InChI=1S/C14H16N2O4/c1-20-13(18)7-8-15-11-9-12(17)16(14(11)19)10-5-3-2-4-6-10/h2-6,11,15H,7-9H2,1H3. The van der Waals surface area contributed by atoms with Crippen molar-refractivity contribution in [3.8, 4) is 0 Å². The number of para-hydroxylation sites is 1. The van der Waals surface area contributed by atoms with Gasteiger partial charge < -0.3 is 10.1 Å². The van der Waals surface area contributed by atoms with E-state index in [1.54, 1.807) is 24.3 Å². The molecule has 2 rings (SSSR count). The first-order valence-electron chi connectivity index (χ1n) is 6.35. The van der Waals surface area contributed by atoms with Gasteiger partial charge in [0.05, 0.1) is 31.7 Å². The van der Waals surface area contributed by atoms with E-state index < -0.39 is 6.04 Å². The van der Waals surface area contributed by atoms with E-state index in [0.29, 0.717) is 12.2 Å². The first kappa shape index (κ1) is 14.2. The largest absolute Gasteiger partial charge is 0.469 e. The molecule has 1 N–H and O–H groups in total. The topological polar surface area (TPSA) is 75.7 Å². The lowest BCUT2D eigenvalue weighted by Crippen LogP contribution is -2.39. The molecule has 0 saturated carbocycles. The molecular formula is C14H16N2O4. The van der Waals surface area contributed by atoms with E-state index in [1.165, 1.54) is 12.0 Å². The van der Waals surface area contributed by atoms with Gasteiger partial charge in [0.2, 0.25) is 5.91 Å². The summed E-state index contributed by atoms with van der Waals surface area (Å²) in [5.74, 6) is -0.878. The zero-order chi connectivity index (χ0) is 14.5. The maximum absolute atomic E-state index is 12.2. The van der Waals surface area contributed by atoms with E-state index in [-0.39, 0.29) is 30.6 Å². The van der Waals surface area contributed by atoms with Gasteiger partial charge in [-0.15, -0.1) is 0 Å². The van der Waals surface area contributed by atoms with Crippen LogP contribution in [0.25, 0.3) is 0 Å². The number of carbonyl (C=O) groups excluding carboxylic acids is 3. The Morgan fingerprint density at radius 2 is 2.05 bits per heavy atom. The molecule has 6 nitrogen and oxygen atoms in total. The lowest BCUT2D eigenvalue weighted by atomic mass is 10.2. The number of benzene rings is 1. The van der Waals surface area contributed by atoms with Crippen molar-refractivity contribution < 1.29 is 19.1 Å². The molecule has 0 bridgehead atoms. The first-order chi connectivity index (χ1) is 9.63. The Balaban J connectivity index is 1.97. The van der Waals surface area contributed by atoms with E-state index >= 15 is 0 Å². The Labute approximate surface area is 116 Å². The van der Waals surface area contributed by atoms with Gasteiger partial charge in [-0.25, -0.2) is 4.90 Å². The van der Waals surface area contributed by atoms with E-state index in [9.17, 15) is 14.4 Å². The fourth-order valence-electron chi connectivity index (χ4n) is 2.09. The average molecular weight is 276 g/mol. The number of hydrogen-bond acceptors (Lipinski definition) is 5. The zero-order valence-corrected chi connectivity index (χ0v) is 11.2. The summed E-state index contributed by atoms with van der Waals surface area (Å²) in [6, 6.07) is 8.22. The predicted molar refractivity (Wildman–Crippen MR) is 72.0 cm³/mol. The van der Waals surface area contributed by atoms with Crippen molar-refractivity contribution in [1.29, 1.82) is 0 Å². The van der Waals surface area contributed by atoms with Crippen LogP contribution < -0.4 is 10.2 Å². The second-order valence-electron chi connectivity index (χ2n) is 4.44. The highest BCUT2D eigenvalue weighted by molar-refractivity contribution is 6.22. The molecule has 1 saturated heterocycles. The van der Waals surface area contributed by atoms with Gasteiger partial charge in [-0.05, 0) is 12.1 Å². The number of amides is 2. The highest BCUT2D eigenvalue weighted by Gasteiger charge is 2.39. The van der Waals surface area contributed by atoms with Crippen molar-refractivity contribution in [2.75, 3.05) is 18.6 Å². The van der Waals surface area contributed by atoms with Crippen molar-refractivity contribution in [2.24, 2.45) is 0 Å². The summed E-state index contributed by atoms with van der Waals surface area (Å²) in [6.07, 6.45) is 0.273. The molecule has 0 spiro atoms. The van der Waals surface area contributed by atoms with E-state index in [1.807, 2.05) is 6.07 Å². The van der Waals surface area contributed by atoms with Crippen molar-refractivity contribution >= 4 is 23.5 Å². The summed E-state index contributed by atoms with van der Waals surface area (Å²) in [4.78, 5) is 36.3. The number of imide groups is 1. The Bertz CT molecular complexity index is 515. The average Bonchev–Trinajstić information content (AvgIpc) is 2.74. The molecule has 1 atom stereocenters. The number of methoxy groups -OCH3 is 1. The van der Waals surface area contributed by atoms with Crippen molar-refractivity contribution in [3.63, 3.8) is 0 Å². The molecule has 1 heterocycles. The molecular weight excluding hydrogens is 260 g/mol. The minimum atomic E-state index is -0.577. The summed E-state index contributed by atoms with van der Waals surface area (Å²) >= 11 is 0. The molecule has 1 fully saturated rings. The number of ether oxygens (including phenoxy) is 1. The van der Waals surface area contributed by atoms with Crippen LogP contribution in [0.2, 0.25) is 0 Å². The second kappa shape index (κ2) is 6.29. The quantitative estimate of drug-likeness (QED) is 0.625. The van der Waals surface area contributed by atoms with Crippen LogP contribution in [-0.4, -0.2) is 37.5 Å². The van der Waals surface area contributed by atoms with Crippen LogP contribution in [0.4, 0.5) is 5.69 Å². The highest BCUT2D eigenvalue weighted by atomic mass is 16.5. The number of rotatable bonds is 5. The first-order valence-corrected chi connectivity index (χ1v) is 6.35. The third-order valence-electron chi connectivity index (χ3n) is 3.11. The Morgan fingerprint density at radius 3 is 2.70 bits per heavy atom. The molecule has 20 heavy (non-hydrogen) atoms. The Morgan fingerprint density at radius 1 is 1.35 bits per heavy atom. The molecule has 1 unspecified atom stereocenters. The highest BCUT2D eigenvalue weighted by Crippen LogP contribution is 2.22. The van der Waals surface area contributed by atoms with Crippen LogP contribution >= 0.6 is 0 Å². The fraction of sp³-hybridized carbons (Fsp3) is 0.357. The van der Waals surface area contributed by atoms with Gasteiger partial charge in [0, 0.05) is 6.54 Å². The van der Waals surface area contributed by atoms with E-state index in [2.05, 4.69) is 10.1 Å². The number of hydrogen-bond donors (Lipinski definition) is 1. The lowest BCUT2D eigenvalue weighted by Gasteiger charge is -2.15. The van der Waals surface area contributed by atoms with Gasteiger partial charge in [-0.3, -0.25) is 14.4 Å². The Hall–Kier alpha value is -2.21. The number of carbonyl (C=O) groups is 3. The molecule has 1 aromatic rings. The van der Waals surface area contributed by atoms with Crippen LogP contribution in [0.5, 0.6) is 0 Å². The minimum absolute atomic E-state index is 0.106. The molecule has 0 aromatic heterocycles. The van der Waals surface area contributed by atoms with Crippen LogP contribution in [0.3, 0.4) is 0 Å². The van der Waals surface area contributed by atoms with Gasteiger partial charge in [-0.2, -0.15) is 0 Å². The summed E-state index contributed by atoms with van der Waals surface area (Å²) < 4.78 is 4.51. The Kier molecular flexibility index (Phi) is 4.47. The molecule has 2 amide bonds. The minimum Gasteiger partial charge on any atom is -0.469 e. The predicted octanol–water partition coefficient (Wildman–Crippen LogP) is 0.471. The zero-order valence-electron chi connectivity index (χ0n) is 11.2. The summed E-state index contributed by atoms with van der Waals surface area (Å²) in [6.45, 7) is 0.305. The molecule has 1 aromatic carbocycles. The maximum Gasteiger partial charge on any atom is 0.306 e. The van der Waals surface area contributed by atoms with E-state index in [0.717, 1.165) is 0 Å². The molecule has 1 aliphatic heterocycles. The molecule has 1 aliphatic rings. The molecule has 0 aliphatic carbocycles. The number of esters is 1. The molecule has 0 radical (unpaired) electrons. The van der Waals surface area contributed by atoms with Crippen molar-refractivity contribution in [1.82, 2.24) is 5.32 Å².